The third kappa shape index (κ3) is 6.16. The highest BCUT2D eigenvalue weighted by atomic mass is 32.2. The molecule has 0 aromatic heterocycles. The summed E-state index contributed by atoms with van der Waals surface area (Å²) in [7, 11) is 1.63. The fourth-order valence-electron chi connectivity index (χ4n) is 2.03. The highest BCUT2D eigenvalue weighted by Crippen LogP contribution is 2.18. The molecule has 2 aromatic rings. The van der Waals surface area contributed by atoms with Gasteiger partial charge >= 0.3 is 0 Å². The fourth-order valence-corrected chi connectivity index (χ4v) is 2.90. The molecular formula is C19H23NO3S. The summed E-state index contributed by atoms with van der Waals surface area (Å²) in [4.78, 5) is 12.1. The lowest BCUT2D eigenvalue weighted by Crippen LogP contribution is -2.34. The Bertz CT molecular complexity index is 616. The number of rotatable bonds is 9. The van der Waals surface area contributed by atoms with E-state index in [1.54, 1.807) is 18.9 Å². The van der Waals surface area contributed by atoms with Crippen LogP contribution in [-0.2, 0) is 10.5 Å². The predicted octanol–water partition coefficient (Wildman–Crippen LogP) is 3.51. The lowest BCUT2D eigenvalue weighted by atomic mass is 10.2. The quantitative estimate of drug-likeness (QED) is 0.707. The molecule has 5 heteroatoms. The minimum atomic E-state index is -0.0915. The first-order valence-corrected chi connectivity index (χ1v) is 8.94. The van der Waals surface area contributed by atoms with Gasteiger partial charge in [0, 0.05) is 5.75 Å². The monoisotopic (exact) mass is 345 g/mol. The maximum absolute atomic E-state index is 12.1. The van der Waals surface area contributed by atoms with Gasteiger partial charge in [-0.05, 0) is 36.8 Å². The molecule has 0 aliphatic carbocycles. The molecule has 2 rings (SSSR count). The summed E-state index contributed by atoms with van der Waals surface area (Å²) in [6, 6.07) is 17.5. The van der Waals surface area contributed by atoms with Crippen molar-refractivity contribution in [1.82, 2.24) is 5.32 Å². The van der Waals surface area contributed by atoms with Crippen LogP contribution in [0.15, 0.2) is 54.6 Å². The van der Waals surface area contributed by atoms with E-state index in [-0.39, 0.29) is 11.2 Å². The van der Waals surface area contributed by atoms with Crippen LogP contribution in [0.5, 0.6) is 11.5 Å². The van der Waals surface area contributed by atoms with Crippen molar-refractivity contribution in [2.75, 3.05) is 20.3 Å². The molecule has 1 atom stereocenters. The topological polar surface area (TPSA) is 47.6 Å². The summed E-state index contributed by atoms with van der Waals surface area (Å²) in [6.45, 7) is 2.85. The van der Waals surface area contributed by atoms with Crippen molar-refractivity contribution in [1.29, 1.82) is 0 Å². The largest absolute Gasteiger partial charge is 0.497 e. The van der Waals surface area contributed by atoms with E-state index < -0.39 is 0 Å². The second kappa shape index (κ2) is 9.88. The van der Waals surface area contributed by atoms with Gasteiger partial charge in [-0.3, -0.25) is 4.79 Å². The van der Waals surface area contributed by atoms with Crippen LogP contribution in [0.2, 0.25) is 0 Å². The van der Waals surface area contributed by atoms with E-state index in [4.69, 9.17) is 9.47 Å². The van der Waals surface area contributed by atoms with Gasteiger partial charge in [-0.2, -0.15) is 0 Å². The molecule has 0 spiro atoms. The van der Waals surface area contributed by atoms with Crippen molar-refractivity contribution >= 4 is 17.7 Å². The molecule has 0 bridgehead atoms. The van der Waals surface area contributed by atoms with E-state index in [2.05, 4.69) is 17.4 Å². The van der Waals surface area contributed by atoms with E-state index in [9.17, 15) is 4.79 Å². The number of ether oxygens (including phenoxy) is 2. The molecule has 0 saturated carbocycles. The van der Waals surface area contributed by atoms with Gasteiger partial charge in [-0.1, -0.05) is 30.3 Å². The zero-order valence-electron chi connectivity index (χ0n) is 14.0. The third-order valence-corrected chi connectivity index (χ3v) is 4.66. The first kappa shape index (κ1) is 18.2. The van der Waals surface area contributed by atoms with Crippen molar-refractivity contribution in [2.24, 2.45) is 0 Å². The lowest BCUT2D eigenvalue weighted by Gasteiger charge is -2.12. The number of hydrogen-bond donors (Lipinski definition) is 1. The number of amides is 1. The number of thioether (sulfide) groups is 1. The average molecular weight is 345 g/mol. The Balaban J connectivity index is 1.63. The van der Waals surface area contributed by atoms with Crippen LogP contribution in [0.1, 0.15) is 12.5 Å². The zero-order chi connectivity index (χ0) is 17.2. The molecule has 0 aliphatic heterocycles. The highest BCUT2D eigenvalue weighted by molar-refractivity contribution is 7.99. The maximum atomic E-state index is 12.1. The van der Waals surface area contributed by atoms with Crippen LogP contribution in [0, 0.1) is 0 Å². The number of methoxy groups -OCH3 is 1. The number of carbonyl (C=O) groups is 1. The Kier molecular flexibility index (Phi) is 7.49. The molecule has 24 heavy (non-hydrogen) atoms. The summed E-state index contributed by atoms with van der Waals surface area (Å²) >= 11 is 1.63. The smallest absolute Gasteiger partial charge is 0.232 e. The Morgan fingerprint density at radius 1 is 1.08 bits per heavy atom. The predicted molar refractivity (Wildman–Crippen MR) is 98.7 cm³/mol. The summed E-state index contributed by atoms with van der Waals surface area (Å²) in [5, 5.41) is 2.81. The van der Waals surface area contributed by atoms with Crippen LogP contribution >= 0.6 is 11.8 Å². The Labute approximate surface area is 147 Å². The molecule has 0 saturated heterocycles. The van der Waals surface area contributed by atoms with Gasteiger partial charge in [0.25, 0.3) is 0 Å². The molecule has 0 unspecified atom stereocenters. The Morgan fingerprint density at radius 2 is 1.75 bits per heavy atom. The molecular weight excluding hydrogens is 322 g/mol. The van der Waals surface area contributed by atoms with Gasteiger partial charge in [-0.25, -0.2) is 0 Å². The maximum Gasteiger partial charge on any atom is 0.232 e. The number of benzene rings is 2. The second-order valence-corrected chi connectivity index (χ2v) is 6.58. The second-order valence-electron chi connectivity index (χ2n) is 5.25. The van der Waals surface area contributed by atoms with E-state index >= 15 is 0 Å². The van der Waals surface area contributed by atoms with E-state index in [0.717, 1.165) is 17.3 Å². The van der Waals surface area contributed by atoms with Crippen LogP contribution in [0.4, 0.5) is 0 Å². The van der Waals surface area contributed by atoms with Gasteiger partial charge in [-0.15, -0.1) is 11.8 Å². The SMILES string of the molecule is COc1ccc(OCCNC(=O)[C@H](C)SCc2ccccc2)cc1. The van der Waals surface area contributed by atoms with Crippen molar-refractivity contribution in [2.45, 2.75) is 17.9 Å². The molecule has 0 fully saturated rings. The average Bonchev–Trinajstić information content (AvgIpc) is 2.64. The van der Waals surface area contributed by atoms with Crippen molar-refractivity contribution in [3.8, 4) is 11.5 Å². The normalized spacial score (nSPS) is 11.6. The molecule has 4 nitrogen and oxygen atoms in total. The molecule has 0 heterocycles. The summed E-state index contributed by atoms with van der Waals surface area (Å²) in [6.07, 6.45) is 0. The third-order valence-electron chi connectivity index (χ3n) is 3.44. The van der Waals surface area contributed by atoms with Crippen molar-refractivity contribution < 1.29 is 14.3 Å². The number of hydrogen-bond acceptors (Lipinski definition) is 4. The van der Waals surface area contributed by atoms with Gasteiger partial charge in [0.15, 0.2) is 0 Å². The van der Waals surface area contributed by atoms with Gasteiger partial charge in [0.05, 0.1) is 18.9 Å². The van der Waals surface area contributed by atoms with Crippen LogP contribution < -0.4 is 14.8 Å². The van der Waals surface area contributed by atoms with Crippen LogP contribution in [0.25, 0.3) is 0 Å². The molecule has 128 valence electrons. The zero-order valence-corrected chi connectivity index (χ0v) is 14.8. The van der Waals surface area contributed by atoms with E-state index in [1.165, 1.54) is 5.56 Å². The van der Waals surface area contributed by atoms with Crippen molar-refractivity contribution in [3.63, 3.8) is 0 Å². The first-order chi connectivity index (χ1) is 11.7. The highest BCUT2D eigenvalue weighted by Gasteiger charge is 2.12. The first-order valence-electron chi connectivity index (χ1n) is 7.89. The van der Waals surface area contributed by atoms with Gasteiger partial charge < -0.3 is 14.8 Å². The van der Waals surface area contributed by atoms with E-state index in [1.807, 2.05) is 49.4 Å². The summed E-state index contributed by atoms with van der Waals surface area (Å²) in [5.74, 6) is 2.42. The number of carbonyl (C=O) groups excluding carboxylic acids is 1. The summed E-state index contributed by atoms with van der Waals surface area (Å²) in [5.41, 5.74) is 1.23. The Morgan fingerprint density at radius 3 is 2.42 bits per heavy atom. The minimum absolute atomic E-state index is 0.0364. The lowest BCUT2D eigenvalue weighted by molar-refractivity contribution is -0.120. The van der Waals surface area contributed by atoms with E-state index in [0.29, 0.717) is 13.2 Å². The molecule has 1 amide bonds. The van der Waals surface area contributed by atoms with Gasteiger partial charge in [0.2, 0.25) is 5.91 Å². The molecule has 0 aliphatic rings. The van der Waals surface area contributed by atoms with Crippen LogP contribution in [-0.4, -0.2) is 31.4 Å². The fraction of sp³-hybridized carbons (Fsp3) is 0.316. The Hall–Kier alpha value is -2.14. The summed E-state index contributed by atoms with van der Waals surface area (Å²) < 4.78 is 10.7. The number of nitrogens with one attached hydrogen (secondary N) is 1. The standard InChI is InChI=1S/C19H23NO3S/c1-15(24-14-16-6-4-3-5-7-16)19(21)20-12-13-23-18-10-8-17(22-2)9-11-18/h3-11,15H,12-14H2,1-2H3,(H,20,21)/t15-/m0/s1. The van der Waals surface area contributed by atoms with Crippen LogP contribution in [0.3, 0.4) is 0 Å². The van der Waals surface area contributed by atoms with Gasteiger partial charge in [0.1, 0.15) is 18.1 Å². The molecule has 0 radical (unpaired) electrons. The molecule has 1 N–H and O–H groups in total. The molecule has 2 aromatic carbocycles. The van der Waals surface area contributed by atoms with Crippen molar-refractivity contribution in [3.05, 3.63) is 60.2 Å². The minimum Gasteiger partial charge on any atom is -0.497 e.